The molecule has 0 saturated carbocycles. The van der Waals surface area contributed by atoms with E-state index in [-0.39, 0.29) is 23.1 Å². The summed E-state index contributed by atoms with van der Waals surface area (Å²) in [6, 6.07) is 7.74. The van der Waals surface area contributed by atoms with Crippen molar-refractivity contribution in [2.24, 2.45) is 0 Å². The van der Waals surface area contributed by atoms with Crippen molar-refractivity contribution in [2.75, 3.05) is 36.2 Å². The van der Waals surface area contributed by atoms with Crippen LogP contribution in [0.25, 0.3) is 0 Å². The lowest BCUT2D eigenvalue weighted by atomic mass is 10.2. The molecule has 0 radical (unpaired) electrons. The van der Waals surface area contributed by atoms with Gasteiger partial charge in [-0.3, -0.25) is 19.5 Å². The van der Waals surface area contributed by atoms with Crippen LogP contribution in [-0.2, 0) is 11.3 Å². The van der Waals surface area contributed by atoms with E-state index in [4.69, 9.17) is 9.15 Å². The lowest BCUT2D eigenvalue weighted by Gasteiger charge is -2.17. The first-order chi connectivity index (χ1) is 15.5. The molecule has 1 aromatic carbocycles. The van der Waals surface area contributed by atoms with Crippen LogP contribution in [0.1, 0.15) is 18.6 Å². The number of rotatable bonds is 9. The predicted octanol–water partition coefficient (Wildman–Crippen LogP) is 3.17. The molecule has 0 bridgehead atoms. The van der Waals surface area contributed by atoms with Crippen LogP contribution in [-0.4, -0.2) is 51.5 Å². The van der Waals surface area contributed by atoms with Crippen LogP contribution < -0.4 is 15.0 Å². The van der Waals surface area contributed by atoms with E-state index in [1.807, 2.05) is 16.7 Å². The smallest absolute Gasteiger partial charge is 0.273 e. The minimum Gasteiger partial charge on any atom is -0.494 e. The van der Waals surface area contributed by atoms with Crippen LogP contribution in [0.5, 0.6) is 5.75 Å². The number of furan rings is 1. The lowest BCUT2D eigenvalue weighted by molar-refractivity contribution is -0.384. The van der Waals surface area contributed by atoms with Crippen LogP contribution in [0.15, 0.2) is 46.2 Å². The number of hydrogen-bond donors (Lipinski definition) is 1. The molecule has 2 aromatic heterocycles. The van der Waals surface area contributed by atoms with Crippen molar-refractivity contribution in [2.45, 2.75) is 24.5 Å². The number of thioether (sulfide) groups is 1. The summed E-state index contributed by atoms with van der Waals surface area (Å²) in [5.41, 5.74) is 0.244. The van der Waals surface area contributed by atoms with Gasteiger partial charge < -0.3 is 19.4 Å². The van der Waals surface area contributed by atoms with E-state index in [2.05, 4.69) is 20.4 Å². The first-order valence-electron chi connectivity index (χ1n) is 10.0. The number of aromatic nitrogens is 3. The number of methoxy groups -OCH3 is 1. The second-order valence-electron chi connectivity index (χ2n) is 7.12. The molecule has 1 amide bonds. The molecule has 32 heavy (non-hydrogen) atoms. The van der Waals surface area contributed by atoms with Crippen LogP contribution in [0, 0.1) is 10.1 Å². The van der Waals surface area contributed by atoms with E-state index in [0.29, 0.717) is 17.4 Å². The molecule has 3 heterocycles. The normalized spacial score (nSPS) is 13.3. The maximum absolute atomic E-state index is 12.6. The van der Waals surface area contributed by atoms with Gasteiger partial charge >= 0.3 is 0 Å². The Balaban J connectivity index is 1.46. The summed E-state index contributed by atoms with van der Waals surface area (Å²) in [5.74, 6) is 1.54. The molecule has 1 N–H and O–H groups in total. The number of ether oxygens (including phenoxy) is 1. The highest BCUT2D eigenvalue weighted by molar-refractivity contribution is 7.99. The van der Waals surface area contributed by atoms with Crippen LogP contribution in [0.4, 0.5) is 17.3 Å². The summed E-state index contributed by atoms with van der Waals surface area (Å²) in [7, 11) is 1.39. The monoisotopic (exact) mass is 458 g/mol. The summed E-state index contributed by atoms with van der Waals surface area (Å²) in [6.07, 6.45) is 3.83. The molecule has 11 nitrogen and oxygen atoms in total. The zero-order valence-electron chi connectivity index (χ0n) is 17.4. The van der Waals surface area contributed by atoms with Gasteiger partial charge in [0, 0.05) is 19.2 Å². The SMILES string of the molecule is COc1cc([N+](=O)[O-])ccc1NC(=O)CSc1nnc(N2CCCC2)n1Cc1ccco1. The number of anilines is 2. The van der Waals surface area contributed by atoms with E-state index in [1.54, 1.807) is 6.26 Å². The van der Waals surface area contributed by atoms with Crippen molar-refractivity contribution in [3.8, 4) is 5.75 Å². The molecule has 1 aliphatic rings. The van der Waals surface area contributed by atoms with Gasteiger partial charge in [0.2, 0.25) is 11.9 Å². The summed E-state index contributed by atoms with van der Waals surface area (Å²) in [6.45, 7) is 2.30. The molecule has 0 spiro atoms. The number of nitrogens with one attached hydrogen (secondary N) is 1. The predicted molar refractivity (Wildman–Crippen MR) is 118 cm³/mol. The summed E-state index contributed by atoms with van der Waals surface area (Å²) >= 11 is 1.26. The standard InChI is InChI=1S/C20H22N6O5S/c1-30-17-11-14(26(28)29)6-7-16(17)21-18(27)13-32-20-23-22-19(24-8-2-3-9-24)25(20)12-15-5-4-10-31-15/h4-7,10-11H,2-3,8-9,12-13H2,1H3,(H,21,27). The molecule has 0 unspecified atom stereocenters. The quantitative estimate of drug-likeness (QED) is 0.292. The third-order valence-corrected chi connectivity index (χ3v) is 5.95. The fourth-order valence-corrected chi connectivity index (χ4v) is 4.18. The number of amides is 1. The van der Waals surface area contributed by atoms with Crippen LogP contribution in [0.2, 0.25) is 0 Å². The van der Waals surface area contributed by atoms with Gasteiger partial charge in [0.15, 0.2) is 5.16 Å². The highest BCUT2D eigenvalue weighted by atomic mass is 32.2. The van der Waals surface area contributed by atoms with Gasteiger partial charge in [0.05, 0.1) is 42.3 Å². The van der Waals surface area contributed by atoms with Crippen LogP contribution >= 0.6 is 11.8 Å². The van der Waals surface area contributed by atoms with E-state index >= 15 is 0 Å². The Morgan fingerprint density at radius 2 is 2.12 bits per heavy atom. The van der Waals surface area contributed by atoms with Crippen molar-refractivity contribution in [3.63, 3.8) is 0 Å². The Labute approximate surface area is 187 Å². The first-order valence-corrected chi connectivity index (χ1v) is 11.0. The van der Waals surface area contributed by atoms with Crippen molar-refractivity contribution in [1.29, 1.82) is 0 Å². The van der Waals surface area contributed by atoms with Crippen LogP contribution in [0.3, 0.4) is 0 Å². The van der Waals surface area contributed by atoms with Gasteiger partial charge in [-0.1, -0.05) is 11.8 Å². The van der Waals surface area contributed by atoms with E-state index in [9.17, 15) is 14.9 Å². The molecule has 3 aromatic rings. The third kappa shape index (κ3) is 4.85. The largest absolute Gasteiger partial charge is 0.494 e. The third-order valence-electron chi connectivity index (χ3n) is 4.98. The zero-order chi connectivity index (χ0) is 22.5. The number of carbonyl (C=O) groups is 1. The van der Waals surface area contributed by atoms with E-state index in [0.717, 1.165) is 37.6 Å². The first kappa shape index (κ1) is 21.7. The second kappa shape index (κ2) is 9.73. The Bertz CT molecular complexity index is 1090. The molecule has 168 valence electrons. The molecule has 0 atom stereocenters. The van der Waals surface area contributed by atoms with Crippen molar-refractivity contribution in [1.82, 2.24) is 14.8 Å². The molecular formula is C20H22N6O5S. The highest BCUT2D eigenvalue weighted by Crippen LogP contribution is 2.30. The maximum Gasteiger partial charge on any atom is 0.273 e. The van der Waals surface area contributed by atoms with Gasteiger partial charge in [-0.15, -0.1) is 10.2 Å². The van der Waals surface area contributed by atoms with Crippen molar-refractivity contribution in [3.05, 3.63) is 52.5 Å². The van der Waals surface area contributed by atoms with Gasteiger partial charge in [-0.05, 0) is 31.0 Å². The van der Waals surface area contributed by atoms with E-state index < -0.39 is 4.92 Å². The molecule has 1 fully saturated rings. The Kier molecular flexibility index (Phi) is 6.59. The zero-order valence-corrected chi connectivity index (χ0v) is 18.2. The molecule has 1 saturated heterocycles. The van der Waals surface area contributed by atoms with E-state index in [1.165, 1.54) is 37.1 Å². The summed E-state index contributed by atoms with van der Waals surface area (Å²) in [4.78, 5) is 25.2. The lowest BCUT2D eigenvalue weighted by Crippen LogP contribution is -2.23. The van der Waals surface area contributed by atoms with Gasteiger partial charge in [-0.25, -0.2) is 0 Å². The second-order valence-corrected chi connectivity index (χ2v) is 8.06. The fraction of sp³-hybridized carbons (Fsp3) is 0.350. The topological polar surface area (TPSA) is 129 Å². The number of carbonyl (C=O) groups excluding carboxylic acids is 1. The van der Waals surface area contributed by atoms with Crippen molar-refractivity contribution < 1.29 is 18.9 Å². The number of nitrogens with zero attached hydrogens (tertiary/aromatic N) is 5. The number of benzene rings is 1. The molecule has 0 aliphatic carbocycles. The Morgan fingerprint density at radius 1 is 1.31 bits per heavy atom. The average molecular weight is 459 g/mol. The fourth-order valence-electron chi connectivity index (χ4n) is 3.45. The van der Waals surface area contributed by atoms with Gasteiger partial charge in [0.1, 0.15) is 11.5 Å². The molecular weight excluding hydrogens is 436 g/mol. The number of non-ortho nitro benzene ring substituents is 1. The Morgan fingerprint density at radius 3 is 2.81 bits per heavy atom. The molecule has 12 heteroatoms. The average Bonchev–Trinajstić information content (AvgIpc) is 3.55. The van der Waals surface area contributed by atoms with Crippen molar-refractivity contribution >= 4 is 35.0 Å². The molecule has 4 rings (SSSR count). The highest BCUT2D eigenvalue weighted by Gasteiger charge is 2.23. The summed E-state index contributed by atoms with van der Waals surface area (Å²) < 4.78 is 12.6. The number of nitro benzene ring substituents is 1. The minimum atomic E-state index is -0.520. The maximum atomic E-state index is 12.6. The Hall–Kier alpha value is -3.54. The number of hydrogen-bond acceptors (Lipinski definition) is 9. The minimum absolute atomic E-state index is 0.0798. The molecule has 1 aliphatic heterocycles. The number of nitro groups is 1. The summed E-state index contributed by atoms with van der Waals surface area (Å²) in [5, 5.41) is 22.9. The van der Waals surface area contributed by atoms with Gasteiger partial charge in [-0.2, -0.15) is 0 Å². The van der Waals surface area contributed by atoms with Gasteiger partial charge in [0.25, 0.3) is 5.69 Å².